The fourth-order valence-electron chi connectivity index (χ4n) is 3.02. The summed E-state index contributed by atoms with van der Waals surface area (Å²) in [7, 11) is 0. The molecule has 3 rings (SSSR count). The number of carbonyl (C=O) groups is 1. The van der Waals surface area contributed by atoms with E-state index in [-0.39, 0.29) is 5.91 Å². The molecule has 1 aliphatic heterocycles. The van der Waals surface area contributed by atoms with Gasteiger partial charge in [-0.3, -0.25) is 4.79 Å². The Bertz CT molecular complexity index is 562. The first-order valence-electron chi connectivity index (χ1n) is 7.65. The Morgan fingerprint density at radius 3 is 2.81 bits per heavy atom. The average molecular weight is 283 g/mol. The van der Waals surface area contributed by atoms with Crippen LogP contribution < -0.4 is 0 Å². The molecular formula is C18H21NO2. The first-order chi connectivity index (χ1) is 10.3. The average Bonchev–Trinajstić information content (AvgIpc) is 3.17. The largest absolute Gasteiger partial charge is 0.469 e. The molecule has 1 atom stereocenters. The lowest BCUT2D eigenvalue weighted by atomic mass is 9.99. The van der Waals surface area contributed by atoms with Crippen molar-refractivity contribution in [2.24, 2.45) is 5.92 Å². The Hall–Kier alpha value is -2.03. The van der Waals surface area contributed by atoms with E-state index in [0.29, 0.717) is 18.8 Å². The number of aryl methyl sites for hydroxylation is 1. The fraction of sp³-hybridized carbons (Fsp3) is 0.389. The van der Waals surface area contributed by atoms with Gasteiger partial charge in [0.05, 0.1) is 6.26 Å². The van der Waals surface area contributed by atoms with Gasteiger partial charge < -0.3 is 9.32 Å². The van der Waals surface area contributed by atoms with Gasteiger partial charge >= 0.3 is 0 Å². The van der Waals surface area contributed by atoms with Crippen LogP contribution in [0.1, 0.15) is 24.2 Å². The van der Waals surface area contributed by atoms with E-state index in [1.807, 2.05) is 23.1 Å². The van der Waals surface area contributed by atoms with Gasteiger partial charge in [-0.05, 0) is 36.5 Å². The summed E-state index contributed by atoms with van der Waals surface area (Å²) >= 11 is 0. The van der Waals surface area contributed by atoms with Crippen molar-refractivity contribution in [2.75, 3.05) is 13.1 Å². The van der Waals surface area contributed by atoms with Crippen LogP contribution >= 0.6 is 0 Å². The minimum absolute atomic E-state index is 0.252. The molecule has 1 amide bonds. The van der Waals surface area contributed by atoms with Crippen molar-refractivity contribution in [3.05, 3.63) is 60.1 Å². The highest BCUT2D eigenvalue weighted by atomic mass is 16.3. The minimum atomic E-state index is 0.252. The van der Waals surface area contributed by atoms with Gasteiger partial charge in [-0.25, -0.2) is 0 Å². The fourth-order valence-corrected chi connectivity index (χ4v) is 3.02. The lowest BCUT2D eigenvalue weighted by Gasteiger charge is -2.16. The number of hydrogen-bond donors (Lipinski definition) is 0. The zero-order valence-electron chi connectivity index (χ0n) is 12.2. The second-order valence-corrected chi connectivity index (χ2v) is 5.76. The van der Waals surface area contributed by atoms with Crippen molar-refractivity contribution < 1.29 is 9.21 Å². The predicted molar refractivity (Wildman–Crippen MR) is 81.9 cm³/mol. The second-order valence-electron chi connectivity index (χ2n) is 5.76. The van der Waals surface area contributed by atoms with Crippen molar-refractivity contribution in [3.8, 4) is 0 Å². The third kappa shape index (κ3) is 3.75. The third-order valence-corrected chi connectivity index (χ3v) is 4.17. The van der Waals surface area contributed by atoms with Crippen LogP contribution in [-0.2, 0) is 17.6 Å². The van der Waals surface area contributed by atoms with Crippen molar-refractivity contribution in [3.63, 3.8) is 0 Å². The molecular weight excluding hydrogens is 262 g/mol. The molecule has 1 saturated heterocycles. The quantitative estimate of drug-likeness (QED) is 0.843. The number of hydrogen-bond acceptors (Lipinski definition) is 2. The number of benzene rings is 1. The van der Waals surface area contributed by atoms with E-state index < -0.39 is 0 Å². The number of nitrogens with zero attached hydrogens (tertiary/aromatic N) is 1. The maximum absolute atomic E-state index is 12.2. The van der Waals surface area contributed by atoms with E-state index in [2.05, 4.69) is 24.3 Å². The highest BCUT2D eigenvalue weighted by Crippen LogP contribution is 2.21. The van der Waals surface area contributed by atoms with Crippen LogP contribution in [0.5, 0.6) is 0 Å². The van der Waals surface area contributed by atoms with Gasteiger partial charge in [0.25, 0.3) is 0 Å². The topological polar surface area (TPSA) is 33.5 Å². The molecule has 0 N–H and O–H groups in total. The molecule has 1 aliphatic rings. The van der Waals surface area contributed by atoms with Crippen LogP contribution in [0.15, 0.2) is 53.1 Å². The van der Waals surface area contributed by atoms with Gasteiger partial charge in [-0.2, -0.15) is 0 Å². The molecule has 0 spiro atoms. The summed E-state index contributed by atoms with van der Waals surface area (Å²) in [5, 5.41) is 0. The molecule has 0 radical (unpaired) electrons. The number of carbonyl (C=O) groups excluding carboxylic acids is 1. The molecule has 1 aromatic heterocycles. The predicted octanol–water partition coefficient (Wildman–Crippen LogP) is 3.30. The van der Waals surface area contributed by atoms with Gasteiger partial charge in [0.15, 0.2) is 0 Å². The summed E-state index contributed by atoms with van der Waals surface area (Å²) < 4.78 is 5.28. The van der Waals surface area contributed by atoms with Crippen molar-refractivity contribution in [1.29, 1.82) is 0 Å². The molecule has 1 aromatic carbocycles. The van der Waals surface area contributed by atoms with E-state index >= 15 is 0 Å². The van der Waals surface area contributed by atoms with E-state index in [4.69, 9.17) is 4.42 Å². The first kappa shape index (κ1) is 13.9. The van der Waals surface area contributed by atoms with Gasteiger partial charge in [0.1, 0.15) is 5.76 Å². The summed E-state index contributed by atoms with van der Waals surface area (Å²) in [6, 6.07) is 14.3. The monoisotopic (exact) mass is 283 g/mol. The standard InChI is InChI=1S/C18H21NO2/c20-18(9-8-17-7-4-12-21-17)19-11-10-16(14-19)13-15-5-2-1-3-6-15/h1-7,12,16H,8-11,13-14H2. The Morgan fingerprint density at radius 2 is 2.05 bits per heavy atom. The lowest BCUT2D eigenvalue weighted by Crippen LogP contribution is -2.29. The Labute approximate surface area is 125 Å². The zero-order chi connectivity index (χ0) is 14.5. The number of furan rings is 1. The van der Waals surface area contributed by atoms with E-state index in [0.717, 1.165) is 31.7 Å². The van der Waals surface area contributed by atoms with Gasteiger partial charge in [0, 0.05) is 25.9 Å². The van der Waals surface area contributed by atoms with Crippen LogP contribution in [0.3, 0.4) is 0 Å². The Balaban J connectivity index is 1.46. The van der Waals surface area contributed by atoms with E-state index in [1.54, 1.807) is 6.26 Å². The Morgan fingerprint density at radius 1 is 1.19 bits per heavy atom. The highest BCUT2D eigenvalue weighted by Gasteiger charge is 2.26. The molecule has 110 valence electrons. The smallest absolute Gasteiger partial charge is 0.223 e. The molecule has 3 heteroatoms. The summed E-state index contributed by atoms with van der Waals surface area (Å²) in [6.45, 7) is 1.79. The van der Waals surface area contributed by atoms with Crippen LogP contribution in [-0.4, -0.2) is 23.9 Å². The van der Waals surface area contributed by atoms with Crippen molar-refractivity contribution in [2.45, 2.75) is 25.7 Å². The van der Waals surface area contributed by atoms with Crippen molar-refractivity contribution >= 4 is 5.91 Å². The van der Waals surface area contributed by atoms with Crippen LogP contribution in [0.2, 0.25) is 0 Å². The third-order valence-electron chi connectivity index (χ3n) is 4.17. The number of rotatable bonds is 5. The molecule has 2 aromatic rings. The molecule has 1 unspecified atom stereocenters. The normalized spacial score (nSPS) is 18.1. The highest BCUT2D eigenvalue weighted by molar-refractivity contribution is 5.76. The molecule has 0 aliphatic carbocycles. The van der Waals surface area contributed by atoms with E-state index in [1.165, 1.54) is 5.56 Å². The van der Waals surface area contributed by atoms with E-state index in [9.17, 15) is 4.79 Å². The summed E-state index contributed by atoms with van der Waals surface area (Å²) in [6.07, 6.45) is 5.09. The SMILES string of the molecule is O=C(CCc1ccco1)N1CCC(Cc2ccccc2)C1. The lowest BCUT2D eigenvalue weighted by molar-refractivity contribution is -0.130. The molecule has 1 fully saturated rings. The molecule has 3 nitrogen and oxygen atoms in total. The van der Waals surface area contributed by atoms with Crippen LogP contribution in [0, 0.1) is 5.92 Å². The molecule has 2 heterocycles. The summed E-state index contributed by atoms with van der Waals surface area (Å²) in [4.78, 5) is 14.2. The van der Waals surface area contributed by atoms with Crippen molar-refractivity contribution in [1.82, 2.24) is 4.90 Å². The van der Waals surface area contributed by atoms with Crippen LogP contribution in [0.25, 0.3) is 0 Å². The number of likely N-dealkylation sites (tertiary alicyclic amines) is 1. The summed E-state index contributed by atoms with van der Waals surface area (Å²) in [5.41, 5.74) is 1.37. The Kier molecular flexibility index (Phi) is 4.39. The van der Waals surface area contributed by atoms with Gasteiger partial charge in [0.2, 0.25) is 5.91 Å². The maximum Gasteiger partial charge on any atom is 0.223 e. The maximum atomic E-state index is 12.2. The minimum Gasteiger partial charge on any atom is -0.469 e. The molecule has 21 heavy (non-hydrogen) atoms. The molecule has 0 saturated carbocycles. The first-order valence-corrected chi connectivity index (χ1v) is 7.65. The van der Waals surface area contributed by atoms with Crippen LogP contribution in [0.4, 0.5) is 0 Å². The zero-order valence-corrected chi connectivity index (χ0v) is 12.2. The number of amides is 1. The van der Waals surface area contributed by atoms with Gasteiger partial charge in [-0.1, -0.05) is 30.3 Å². The van der Waals surface area contributed by atoms with Gasteiger partial charge in [-0.15, -0.1) is 0 Å². The second kappa shape index (κ2) is 6.61. The molecule has 0 bridgehead atoms. The summed E-state index contributed by atoms with van der Waals surface area (Å²) in [5.74, 6) is 1.74.